The Kier molecular flexibility index (Phi) is 4.08. The van der Waals surface area contributed by atoms with Gasteiger partial charge < -0.3 is 4.57 Å². The normalized spacial score (nSPS) is 11.7. The SMILES string of the molecule is Clc1ccc(Cn2c3ccc(Br)cc3c3nc4ccccc4nc32)c(Cl)c1. The molecule has 0 atom stereocenters. The average molecular weight is 457 g/mol. The third-order valence-corrected chi connectivity index (χ3v) is 5.74. The summed E-state index contributed by atoms with van der Waals surface area (Å²) in [6.45, 7) is 0.588. The topological polar surface area (TPSA) is 30.7 Å². The molecule has 0 spiro atoms. The number of rotatable bonds is 2. The molecule has 0 unspecified atom stereocenters. The lowest BCUT2D eigenvalue weighted by molar-refractivity contribution is 0.857. The largest absolute Gasteiger partial charge is 0.319 e. The molecule has 0 aliphatic rings. The van der Waals surface area contributed by atoms with E-state index in [1.807, 2.05) is 42.5 Å². The third-order valence-electron chi connectivity index (χ3n) is 4.66. The number of aromatic nitrogens is 3. The van der Waals surface area contributed by atoms with E-state index in [1.165, 1.54) is 0 Å². The van der Waals surface area contributed by atoms with Crippen molar-refractivity contribution in [3.05, 3.63) is 80.7 Å². The Morgan fingerprint density at radius 1 is 0.889 bits per heavy atom. The zero-order valence-corrected chi connectivity index (χ0v) is 17.1. The minimum Gasteiger partial charge on any atom is -0.319 e. The number of hydrogen-bond acceptors (Lipinski definition) is 2. The predicted molar refractivity (Wildman–Crippen MR) is 116 cm³/mol. The van der Waals surface area contributed by atoms with Gasteiger partial charge in [0.15, 0.2) is 5.65 Å². The first-order valence-corrected chi connectivity index (χ1v) is 9.93. The van der Waals surface area contributed by atoms with Crippen LogP contribution in [0.2, 0.25) is 10.0 Å². The predicted octanol–water partition coefficient (Wildman–Crippen LogP) is 6.86. The lowest BCUT2D eigenvalue weighted by Gasteiger charge is -2.09. The molecule has 5 rings (SSSR count). The van der Waals surface area contributed by atoms with Crippen LogP contribution in [0.4, 0.5) is 0 Å². The Hall–Kier alpha value is -2.14. The minimum absolute atomic E-state index is 0.588. The van der Waals surface area contributed by atoms with Crippen molar-refractivity contribution in [1.29, 1.82) is 0 Å². The van der Waals surface area contributed by atoms with Crippen LogP contribution >= 0.6 is 39.1 Å². The molecule has 5 aromatic rings. The molecule has 0 radical (unpaired) electrons. The summed E-state index contributed by atoms with van der Waals surface area (Å²) in [6.07, 6.45) is 0. The van der Waals surface area contributed by atoms with Gasteiger partial charge in [0.05, 0.1) is 23.1 Å². The molecule has 3 nitrogen and oxygen atoms in total. The molecule has 132 valence electrons. The fourth-order valence-corrected chi connectivity index (χ4v) is 4.22. The molecule has 0 saturated carbocycles. The van der Waals surface area contributed by atoms with E-state index in [4.69, 9.17) is 33.2 Å². The molecule has 27 heavy (non-hydrogen) atoms. The molecular formula is C21H12BrCl2N3. The van der Waals surface area contributed by atoms with Gasteiger partial charge in [0.25, 0.3) is 0 Å². The second-order valence-electron chi connectivity index (χ2n) is 6.37. The van der Waals surface area contributed by atoms with E-state index in [0.29, 0.717) is 16.6 Å². The summed E-state index contributed by atoms with van der Waals surface area (Å²) in [5, 5.41) is 2.33. The van der Waals surface area contributed by atoms with Crippen LogP contribution in [0, 0.1) is 0 Å². The third kappa shape index (κ3) is 2.89. The second-order valence-corrected chi connectivity index (χ2v) is 8.13. The first kappa shape index (κ1) is 17.0. The highest BCUT2D eigenvalue weighted by Gasteiger charge is 2.16. The molecule has 0 bridgehead atoms. The van der Waals surface area contributed by atoms with E-state index in [1.54, 1.807) is 6.07 Å². The summed E-state index contributed by atoms with van der Waals surface area (Å²) in [4.78, 5) is 9.79. The fraction of sp³-hybridized carbons (Fsp3) is 0.0476. The van der Waals surface area contributed by atoms with Crippen LogP contribution < -0.4 is 0 Å². The van der Waals surface area contributed by atoms with Gasteiger partial charge in [-0.25, -0.2) is 9.97 Å². The van der Waals surface area contributed by atoms with Crippen molar-refractivity contribution < 1.29 is 0 Å². The van der Waals surface area contributed by atoms with Crippen LogP contribution in [-0.4, -0.2) is 14.5 Å². The highest BCUT2D eigenvalue weighted by Crippen LogP contribution is 2.32. The first-order chi connectivity index (χ1) is 13.1. The van der Waals surface area contributed by atoms with Crippen molar-refractivity contribution in [3.63, 3.8) is 0 Å². The fourth-order valence-electron chi connectivity index (χ4n) is 3.39. The average Bonchev–Trinajstić information content (AvgIpc) is 2.94. The smallest absolute Gasteiger partial charge is 0.160 e. The van der Waals surface area contributed by atoms with Crippen molar-refractivity contribution in [2.75, 3.05) is 0 Å². The van der Waals surface area contributed by atoms with Gasteiger partial charge in [0.1, 0.15) is 5.52 Å². The Balaban J connectivity index is 1.84. The Morgan fingerprint density at radius 2 is 1.67 bits per heavy atom. The van der Waals surface area contributed by atoms with Crippen LogP contribution in [0.15, 0.2) is 65.1 Å². The van der Waals surface area contributed by atoms with Crippen molar-refractivity contribution >= 4 is 72.2 Å². The zero-order chi connectivity index (χ0) is 18.5. The van der Waals surface area contributed by atoms with Gasteiger partial charge >= 0.3 is 0 Å². The number of nitrogens with zero attached hydrogens (tertiary/aromatic N) is 3. The van der Waals surface area contributed by atoms with Crippen LogP contribution in [0.3, 0.4) is 0 Å². The van der Waals surface area contributed by atoms with Gasteiger partial charge in [-0.05, 0) is 48.0 Å². The van der Waals surface area contributed by atoms with E-state index in [9.17, 15) is 0 Å². The van der Waals surface area contributed by atoms with Gasteiger partial charge in [-0.15, -0.1) is 0 Å². The van der Waals surface area contributed by atoms with Crippen LogP contribution in [0.1, 0.15) is 5.56 Å². The van der Waals surface area contributed by atoms with Crippen molar-refractivity contribution in [1.82, 2.24) is 14.5 Å². The van der Waals surface area contributed by atoms with Crippen molar-refractivity contribution in [3.8, 4) is 0 Å². The van der Waals surface area contributed by atoms with E-state index in [2.05, 4.69) is 32.6 Å². The van der Waals surface area contributed by atoms with Gasteiger partial charge in [0, 0.05) is 19.9 Å². The van der Waals surface area contributed by atoms with Gasteiger partial charge in [-0.3, -0.25) is 0 Å². The first-order valence-electron chi connectivity index (χ1n) is 8.38. The van der Waals surface area contributed by atoms with Gasteiger partial charge in [-0.2, -0.15) is 0 Å². The second kappa shape index (κ2) is 6.48. The summed E-state index contributed by atoms with van der Waals surface area (Å²) >= 11 is 16.1. The number of benzene rings is 3. The highest BCUT2D eigenvalue weighted by molar-refractivity contribution is 9.10. The molecule has 0 aliphatic carbocycles. The summed E-state index contributed by atoms with van der Waals surface area (Å²) in [5.41, 5.74) is 5.53. The zero-order valence-electron chi connectivity index (χ0n) is 14.0. The van der Waals surface area contributed by atoms with E-state index in [0.717, 1.165) is 43.1 Å². The Labute approximate surface area is 173 Å². The van der Waals surface area contributed by atoms with Crippen molar-refractivity contribution in [2.24, 2.45) is 0 Å². The van der Waals surface area contributed by atoms with Crippen LogP contribution in [0.25, 0.3) is 33.1 Å². The van der Waals surface area contributed by atoms with Crippen LogP contribution in [0.5, 0.6) is 0 Å². The molecule has 0 N–H and O–H groups in total. The Bertz CT molecular complexity index is 1340. The number of para-hydroxylation sites is 2. The maximum absolute atomic E-state index is 6.43. The van der Waals surface area contributed by atoms with E-state index >= 15 is 0 Å². The summed E-state index contributed by atoms with van der Waals surface area (Å²) < 4.78 is 3.17. The molecule has 0 saturated heterocycles. The molecule has 6 heteroatoms. The molecule has 0 aliphatic heterocycles. The van der Waals surface area contributed by atoms with E-state index in [-0.39, 0.29) is 0 Å². The number of hydrogen-bond donors (Lipinski definition) is 0. The van der Waals surface area contributed by atoms with E-state index < -0.39 is 0 Å². The van der Waals surface area contributed by atoms with Gasteiger partial charge in [-0.1, -0.05) is 57.3 Å². The lowest BCUT2D eigenvalue weighted by atomic mass is 10.2. The van der Waals surface area contributed by atoms with Crippen LogP contribution in [-0.2, 0) is 6.54 Å². The molecule has 0 fully saturated rings. The maximum Gasteiger partial charge on any atom is 0.160 e. The molecule has 2 heterocycles. The minimum atomic E-state index is 0.588. The number of halogens is 3. The quantitative estimate of drug-likeness (QED) is 0.290. The maximum atomic E-state index is 6.43. The van der Waals surface area contributed by atoms with Gasteiger partial charge in [0.2, 0.25) is 0 Å². The summed E-state index contributed by atoms with van der Waals surface area (Å²) in [6, 6.07) is 19.7. The van der Waals surface area contributed by atoms with Crippen molar-refractivity contribution in [2.45, 2.75) is 6.54 Å². The molecule has 2 aromatic heterocycles. The lowest BCUT2D eigenvalue weighted by Crippen LogP contribution is -2.02. The standard InChI is InChI=1S/C21H12BrCl2N3/c22-13-6-8-19-15(9-13)20-21(26-18-4-2-1-3-17(18)25-20)27(19)11-12-5-7-14(23)10-16(12)24/h1-10H,11H2. The highest BCUT2D eigenvalue weighted by atomic mass is 79.9. The molecular weight excluding hydrogens is 445 g/mol. The molecule has 3 aromatic carbocycles. The summed E-state index contributed by atoms with van der Waals surface area (Å²) in [7, 11) is 0. The Morgan fingerprint density at radius 3 is 2.44 bits per heavy atom. The monoisotopic (exact) mass is 455 g/mol. The number of fused-ring (bicyclic) bond motifs is 4. The molecule has 0 amide bonds. The summed E-state index contributed by atoms with van der Waals surface area (Å²) in [5.74, 6) is 0.